The van der Waals surface area contributed by atoms with Crippen molar-refractivity contribution in [3.05, 3.63) is 38.1 Å². The van der Waals surface area contributed by atoms with Crippen LogP contribution >= 0.6 is 11.3 Å². The number of aryl methyl sites for hydroxylation is 2. The molecule has 3 rings (SSSR count). The molecule has 0 amide bonds. The topological polar surface area (TPSA) is 87.8 Å². The summed E-state index contributed by atoms with van der Waals surface area (Å²) < 4.78 is 4.51. The van der Waals surface area contributed by atoms with Crippen LogP contribution in [-0.2, 0) is 20.6 Å². The first kappa shape index (κ1) is 14.7. The highest BCUT2D eigenvalue weighted by Crippen LogP contribution is 2.30. The van der Waals surface area contributed by atoms with Crippen molar-refractivity contribution in [1.29, 1.82) is 0 Å². The molecule has 0 aliphatic heterocycles. The Bertz CT molecular complexity index is 976. The van der Waals surface area contributed by atoms with Gasteiger partial charge in [-0.3, -0.25) is 13.9 Å². The van der Waals surface area contributed by atoms with Gasteiger partial charge in [0.25, 0.3) is 5.56 Å². The number of hydrogen-bond acceptors (Lipinski definition) is 5. The third kappa shape index (κ3) is 2.03. The molecular weight excluding hydrogens is 302 g/mol. The van der Waals surface area contributed by atoms with Crippen LogP contribution in [0.2, 0.25) is 0 Å². The predicted molar refractivity (Wildman–Crippen MR) is 87.3 cm³/mol. The molecule has 3 heterocycles. The van der Waals surface area contributed by atoms with Gasteiger partial charge in [-0.05, 0) is 6.92 Å². The Morgan fingerprint density at radius 3 is 2.59 bits per heavy atom. The zero-order valence-corrected chi connectivity index (χ0v) is 13.5. The molecule has 116 valence electrons. The molecule has 7 nitrogen and oxygen atoms in total. The van der Waals surface area contributed by atoms with Crippen LogP contribution in [0.3, 0.4) is 0 Å². The Hall–Kier alpha value is -2.19. The molecule has 0 aliphatic rings. The van der Waals surface area contributed by atoms with Gasteiger partial charge >= 0.3 is 5.69 Å². The summed E-state index contributed by atoms with van der Waals surface area (Å²) in [6, 6.07) is 0. The lowest BCUT2D eigenvalue weighted by atomic mass is 10.3. The van der Waals surface area contributed by atoms with Gasteiger partial charge in [0.15, 0.2) is 0 Å². The summed E-state index contributed by atoms with van der Waals surface area (Å²) in [4.78, 5) is 29.2. The number of fused-ring (bicyclic) bond motifs is 1. The maximum absolute atomic E-state index is 12.6. The van der Waals surface area contributed by atoms with Crippen LogP contribution in [0.4, 0.5) is 0 Å². The van der Waals surface area contributed by atoms with Crippen molar-refractivity contribution in [2.75, 3.05) is 6.54 Å². The molecule has 8 heteroatoms. The molecule has 0 radical (unpaired) electrons. The predicted octanol–water partition coefficient (Wildman–Crippen LogP) is 0.429. The van der Waals surface area contributed by atoms with E-state index in [9.17, 15) is 9.59 Å². The zero-order chi connectivity index (χ0) is 16.0. The molecule has 0 atom stereocenters. The summed E-state index contributed by atoms with van der Waals surface area (Å²) in [5.41, 5.74) is 7.26. The number of nitrogens with zero attached hydrogens (tertiary/aromatic N) is 4. The van der Waals surface area contributed by atoms with Gasteiger partial charge in [0.2, 0.25) is 0 Å². The molecule has 0 saturated carbocycles. The molecule has 2 N–H and O–H groups in total. The van der Waals surface area contributed by atoms with E-state index in [-0.39, 0.29) is 11.2 Å². The number of hydrogen-bond donors (Lipinski definition) is 1. The second-order valence-electron chi connectivity index (χ2n) is 5.22. The molecule has 3 aromatic heterocycles. The summed E-state index contributed by atoms with van der Waals surface area (Å²) in [5, 5.41) is 3.21. The Balaban J connectivity index is 2.50. The standard InChI is InChI=1S/C14H17N5O2S/c1-8-7-22-12(16-8)11-10-9(6-19(11)5-4-15)17(2)14(21)18(3)13(10)20/h6-7H,4-5,15H2,1-3H3. The molecule has 0 aliphatic carbocycles. The molecule has 3 aromatic rings. The molecule has 0 bridgehead atoms. The molecule has 0 spiro atoms. The number of rotatable bonds is 3. The van der Waals surface area contributed by atoms with E-state index < -0.39 is 0 Å². The van der Waals surface area contributed by atoms with E-state index in [0.29, 0.717) is 24.0 Å². The Kier molecular flexibility index (Phi) is 3.50. The SMILES string of the molecule is Cc1csc(-c2c3c(=O)n(C)c(=O)n(C)c3cn2CCN)n1. The normalized spacial score (nSPS) is 11.5. The summed E-state index contributed by atoms with van der Waals surface area (Å²) in [6.07, 6.45) is 1.80. The van der Waals surface area contributed by atoms with E-state index in [1.807, 2.05) is 16.9 Å². The Labute approximate surface area is 130 Å². The van der Waals surface area contributed by atoms with Gasteiger partial charge in [-0.2, -0.15) is 0 Å². The molecule has 22 heavy (non-hydrogen) atoms. The second-order valence-corrected chi connectivity index (χ2v) is 6.08. The molecule has 0 fully saturated rings. The second kappa shape index (κ2) is 5.22. The minimum Gasteiger partial charge on any atom is -0.341 e. The third-order valence-electron chi connectivity index (χ3n) is 3.70. The first-order valence-electron chi connectivity index (χ1n) is 6.87. The average molecular weight is 319 g/mol. The van der Waals surface area contributed by atoms with E-state index in [4.69, 9.17) is 5.73 Å². The van der Waals surface area contributed by atoms with Gasteiger partial charge in [-0.25, -0.2) is 9.78 Å². The van der Waals surface area contributed by atoms with Crippen molar-refractivity contribution in [3.8, 4) is 10.7 Å². The molecular formula is C14H17N5O2S. The van der Waals surface area contributed by atoms with Crippen molar-refractivity contribution in [3.63, 3.8) is 0 Å². The average Bonchev–Trinajstić information content (AvgIpc) is 3.07. The lowest BCUT2D eigenvalue weighted by Crippen LogP contribution is -2.36. The largest absolute Gasteiger partial charge is 0.341 e. The fraction of sp³-hybridized carbons (Fsp3) is 0.357. The fourth-order valence-corrected chi connectivity index (χ4v) is 3.46. The lowest BCUT2D eigenvalue weighted by molar-refractivity contribution is 0.709. The van der Waals surface area contributed by atoms with Gasteiger partial charge in [-0.15, -0.1) is 11.3 Å². The highest BCUT2D eigenvalue weighted by molar-refractivity contribution is 7.13. The smallest absolute Gasteiger partial charge is 0.330 e. The molecule has 0 saturated heterocycles. The molecule has 0 unspecified atom stereocenters. The fourth-order valence-electron chi connectivity index (χ4n) is 2.60. The van der Waals surface area contributed by atoms with Crippen LogP contribution in [0.25, 0.3) is 21.6 Å². The minimum atomic E-state index is -0.343. The quantitative estimate of drug-likeness (QED) is 0.758. The summed E-state index contributed by atoms with van der Waals surface area (Å²) >= 11 is 1.48. The van der Waals surface area contributed by atoms with Gasteiger partial charge in [0.05, 0.1) is 16.6 Å². The van der Waals surface area contributed by atoms with Crippen LogP contribution in [0.15, 0.2) is 21.2 Å². The Morgan fingerprint density at radius 2 is 2.00 bits per heavy atom. The van der Waals surface area contributed by atoms with E-state index >= 15 is 0 Å². The number of thiazole rings is 1. The minimum absolute atomic E-state index is 0.309. The number of nitrogens with two attached hydrogens (primary N) is 1. The first-order valence-corrected chi connectivity index (χ1v) is 7.75. The van der Waals surface area contributed by atoms with Crippen LogP contribution in [0.5, 0.6) is 0 Å². The van der Waals surface area contributed by atoms with E-state index in [1.54, 1.807) is 13.2 Å². The van der Waals surface area contributed by atoms with Gasteiger partial charge in [-0.1, -0.05) is 0 Å². The van der Waals surface area contributed by atoms with Crippen LogP contribution < -0.4 is 17.0 Å². The lowest BCUT2D eigenvalue weighted by Gasteiger charge is -2.05. The van der Waals surface area contributed by atoms with Crippen molar-refractivity contribution in [2.24, 2.45) is 19.8 Å². The van der Waals surface area contributed by atoms with Gasteiger partial charge in [0, 0.05) is 44.5 Å². The summed E-state index contributed by atoms with van der Waals surface area (Å²) in [5.74, 6) is 0. The van der Waals surface area contributed by atoms with Crippen molar-refractivity contribution in [1.82, 2.24) is 18.7 Å². The van der Waals surface area contributed by atoms with Gasteiger partial charge in [0.1, 0.15) is 5.01 Å². The molecule has 0 aromatic carbocycles. The van der Waals surface area contributed by atoms with Crippen LogP contribution in [0, 0.1) is 6.92 Å². The van der Waals surface area contributed by atoms with Crippen molar-refractivity contribution >= 4 is 22.2 Å². The van der Waals surface area contributed by atoms with E-state index in [1.165, 1.54) is 23.0 Å². The maximum Gasteiger partial charge on any atom is 0.330 e. The summed E-state index contributed by atoms with van der Waals surface area (Å²) in [7, 11) is 3.15. The van der Waals surface area contributed by atoms with Gasteiger partial charge < -0.3 is 10.3 Å². The highest BCUT2D eigenvalue weighted by atomic mass is 32.1. The Morgan fingerprint density at radius 1 is 1.27 bits per heavy atom. The monoisotopic (exact) mass is 319 g/mol. The first-order chi connectivity index (χ1) is 10.5. The summed E-state index contributed by atoms with van der Waals surface area (Å²) in [6.45, 7) is 2.90. The number of aromatic nitrogens is 4. The van der Waals surface area contributed by atoms with Crippen molar-refractivity contribution in [2.45, 2.75) is 13.5 Å². The zero-order valence-electron chi connectivity index (χ0n) is 12.7. The third-order valence-corrected chi connectivity index (χ3v) is 4.67. The highest BCUT2D eigenvalue weighted by Gasteiger charge is 2.20. The maximum atomic E-state index is 12.6. The van der Waals surface area contributed by atoms with E-state index in [0.717, 1.165) is 21.0 Å². The van der Waals surface area contributed by atoms with Crippen molar-refractivity contribution < 1.29 is 0 Å². The van der Waals surface area contributed by atoms with E-state index in [2.05, 4.69) is 4.98 Å². The van der Waals surface area contributed by atoms with Crippen LogP contribution in [-0.4, -0.2) is 25.2 Å². The van der Waals surface area contributed by atoms with Crippen LogP contribution in [0.1, 0.15) is 5.69 Å².